The third-order valence-electron chi connectivity index (χ3n) is 9.14. The van der Waals surface area contributed by atoms with Crippen molar-refractivity contribution in [1.82, 2.24) is 14.1 Å². The smallest absolute Gasteiger partial charge is 0.100 e. The summed E-state index contributed by atoms with van der Waals surface area (Å²) in [6.07, 6.45) is 1.93. The summed E-state index contributed by atoms with van der Waals surface area (Å²) in [5.41, 5.74) is 12.3. The number of imidazole rings is 1. The minimum absolute atomic E-state index is 0.126. The highest BCUT2D eigenvalue weighted by atomic mass is 15.1. The number of para-hydroxylation sites is 2. The van der Waals surface area contributed by atoms with Gasteiger partial charge in [0, 0.05) is 32.9 Å². The summed E-state index contributed by atoms with van der Waals surface area (Å²) in [6.45, 7) is 4.78. The number of hydrogen-bond donors (Lipinski definition) is 0. The lowest BCUT2D eigenvalue weighted by atomic mass is 9.79. The first-order valence-electron chi connectivity index (χ1n) is 14.2. The molecular weight excluding hydrogens is 498 g/mol. The summed E-state index contributed by atoms with van der Waals surface area (Å²) >= 11 is 0. The van der Waals surface area contributed by atoms with Gasteiger partial charge in [0.1, 0.15) is 6.33 Å². The molecule has 2 aromatic heterocycles. The molecule has 0 amide bonds. The van der Waals surface area contributed by atoms with Crippen molar-refractivity contribution in [2.45, 2.75) is 19.3 Å². The van der Waals surface area contributed by atoms with E-state index >= 15 is 0 Å². The van der Waals surface area contributed by atoms with Crippen molar-refractivity contribution in [3.05, 3.63) is 139 Å². The SMILES string of the molecule is CC1(C)c2ccccc2-c2c1c1c3ccccc3n(-c3ccc4ncn(-c5ccccc5)c4c3)c1c1ccccc21. The van der Waals surface area contributed by atoms with Crippen molar-refractivity contribution in [3.8, 4) is 22.5 Å². The molecule has 41 heavy (non-hydrogen) atoms. The Kier molecular flexibility index (Phi) is 4.39. The Morgan fingerprint density at radius 1 is 0.610 bits per heavy atom. The fraction of sp³-hybridized carbons (Fsp3) is 0.0789. The second kappa shape index (κ2) is 7.96. The van der Waals surface area contributed by atoms with Gasteiger partial charge in [-0.3, -0.25) is 4.57 Å². The van der Waals surface area contributed by atoms with E-state index in [1.807, 2.05) is 6.33 Å². The average molecular weight is 526 g/mol. The number of aromatic nitrogens is 3. The molecule has 3 nitrogen and oxygen atoms in total. The van der Waals surface area contributed by atoms with E-state index in [1.165, 1.54) is 54.8 Å². The molecule has 0 atom stereocenters. The highest BCUT2D eigenvalue weighted by Gasteiger charge is 2.39. The Bertz CT molecular complexity index is 2330. The second-order valence-electron chi connectivity index (χ2n) is 11.7. The fourth-order valence-corrected chi connectivity index (χ4v) is 7.40. The first-order valence-corrected chi connectivity index (χ1v) is 14.2. The first-order chi connectivity index (χ1) is 20.1. The Morgan fingerprint density at radius 3 is 2.17 bits per heavy atom. The highest BCUT2D eigenvalue weighted by molar-refractivity contribution is 6.25. The number of rotatable bonds is 2. The molecule has 1 aliphatic carbocycles. The zero-order valence-corrected chi connectivity index (χ0v) is 23.0. The maximum absolute atomic E-state index is 4.74. The van der Waals surface area contributed by atoms with Crippen molar-refractivity contribution in [3.63, 3.8) is 0 Å². The molecule has 0 unspecified atom stereocenters. The lowest BCUT2D eigenvalue weighted by Gasteiger charge is -2.23. The Balaban J connectivity index is 1.47. The highest BCUT2D eigenvalue weighted by Crippen LogP contribution is 2.56. The maximum atomic E-state index is 4.74. The second-order valence-corrected chi connectivity index (χ2v) is 11.7. The molecule has 0 N–H and O–H groups in total. The van der Waals surface area contributed by atoms with Gasteiger partial charge in [-0.15, -0.1) is 0 Å². The monoisotopic (exact) mass is 525 g/mol. The topological polar surface area (TPSA) is 22.8 Å². The van der Waals surface area contributed by atoms with Crippen LogP contribution < -0.4 is 0 Å². The zero-order valence-electron chi connectivity index (χ0n) is 23.0. The molecule has 1 aliphatic rings. The maximum Gasteiger partial charge on any atom is 0.100 e. The van der Waals surface area contributed by atoms with Gasteiger partial charge >= 0.3 is 0 Å². The van der Waals surface area contributed by atoms with Crippen LogP contribution in [-0.4, -0.2) is 14.1 Å². The van der Waals surface area contributed by atoms with Crippen LogP contribution in [0.3, 0.4) is 0 Å². The zero-order chi connectivity index (χ0) is 27.3. The van der Waals surface area contributed by atoms with E-state index in [4.69, 9.17) is 4.98 Å². The number of fused-ring (bicyclic) bond motifs is 11. The number of benzene rings is 6. The molecular formula is C38H27N3. The van der Waals surface area contributed by atoms with Gasteiger partial charge in [-0.1, -0.05) is 98.8 Å². The van der Waals surface area contributed by atoms with E-state index in [0.717, 1.165) is 22.4 Å². The normalized spacial score (nSPS) is 13.8. The van der Waals surface area contributed by atoms with Crippen LogP contribution in [-0.2, 0) is 5.41 Å². The van der Waals surface area contributed by atoms with Crippen molar-refractivity contribution < 1.29 is 0 Å². The van der Waals surface area contributed by atoms with Crippen LogP contribution in [0.4, 0.5) is 0 Å². The largest absolute Gasteiger partial charge is 0.309 e. The van der Waals surface area contributed by atoms with E-state index in [-0.39, 0.29) is 5.41 Å². The van der Waals surface area contributed by atoms with Gasteiger partial charge in [0.15, 0.2) is 0 Å². The molecule has 3 heteroatoms. The van der Waals surface area contributed by atoms with Crippen molar-refractivity contribution in [2.75, 3.05) is 0 Å². The lowest BCUT2D eigenvalue weighted by Crippen LogP contribution is -2.15. The van der Waals surface area contributed by atoms with Gasteiger partial charge in [0.05, 0.1) is 22.1 Å². The van der Waals surface area contributed by atoms with Gasteiger partial charge in [0.2, 0.25) is 0 Å². The van der Waals surface area contributed by atoms with Gasteiger partial charge in [0.25, 0.3) is 0 Å². The minimum Gasteiger partial charge on any atom is -0.309 e. The van der Waals surface area contributed by atoms with Crippen LogP contribution in [0, 0.1) is 0 Å². The van der Waals surface area contributed by atoms with E-state index in [1.54, 1.807) is 0 Å². The Labute approximate surface area is 237 Å². The van der Waals surface area contributed by atoms with Crippen LogP contribution in [0.25, 0.3) is 66.1 Å². The van der Waals surface area contributed by atoms with Gasteiger partial charge in [-0.05, 0) is 64.0 Å². The molecule has 0 bridgehead atoms. The van der Waals surface area contributed by atoms with Gasteiger partial charge < -0.3 is 4.57 Å². The molecule has 0 saturated carbocycles. The van der Waals surface area contributed by atoms with Crippen LogP contribution in [0.15, 0.2) is 128 Å². The molecule has 2 heterocycles. The molecule has 0 radical (unpaired) electrons. The average Bonchev–Trinajstić information content (AvgIpc) is 3.66. The number of hydrogen-bond acceptors (Lipinski definition) is 1. The molecule has 9 rings (SSSR count). The summed E-state index contributed by atoms with van der Waals surface area (Å²) in [4.78, 5) is 4.74. The lowest BCUT2D eigenvalue weighted by molar-refractivity contribution is 0.667. The van der Waals surface area contributed by atoms with Crippen LogP contribution in [0.5, 0.6) is 0 Å². The Hall–Kier alpha value is -5.15. The molecule has 8 aromatic rings. The summed E-state index contributed by atoms with van der Waals surface area (Å²) in [6, 6.07) is 44.0. The molecule has 0 fully saturated rings. The van der Waals surface area contributed by atoms with E-state index in [2.05, 4.69) is 144 Å². The van der Waals surface area contributed by atoms with E-state index in [9.17, 15) is 0 Å². The molecule has 0 aliphatic heterocycles. The quantitative estimate of drug-likeness (QED) is 0.220. The van der Waals surface area contributed by atoms with E-state index in [0.29, 0.717) is 0 Å². The van der Waals surface area contributed by atoms with Gasteiger partial charge in [-0.25, -0.2) is 4.98 Å². The van der Waals surface area contributed by atoms with Crippen molar-refractivity contribution in [2.24, 2.45) is 0 Å². The predicted octanol–water partition coefficient (Wildman–Crippen LogP) is 9.58. The van der Waals surface area contributed by atoms with Crippen molar-refractivity contribution in [1.29, 1.82) is 0 Å². The van der Waals surface area contributed by atoms with E-state index < -0.39 is 0 Å². The molecule has 6 aromatic carbocycles. The summed E-state index contributed by atoms with van der Waals surface area (Å²) < 4.78 is 4.66. The summed E-state index contributed by atoms with van der Waals surface area (Å²) in [5.74, 6) is 0. The van der Waals surface area contributed by atoms with Crippen LogP contribution >= 0.6 is 0 Å². The third kappa shape index (κ3) is 2.90. The van der Waals surface area contributed by atoms with Crippen LogP contribution in [0.2, 0.25) is 0 Å². The minimum atomic E-state index is -0.126. The Morgan fingerprint density at radius 2 is 1.32 bits per heavy atom. The summed E-state index contributed by atoms with van der Waals surface area (Å²) in [7, 11) is 0. The van der Waals surface area contributed by atoms with Crippen LogP contribution in [0.1, 0.15) is 25.0 Å². The standard InChI is InChI=1S/C38H27N3/c1-38(2)30-18-10-8-16-28(30)34-26-14-6-7-15-27(26)37-35(36(34)38)29-17-9-11-19-32(29)41(37)25-20-21-31-33(22-25)40(23-39-31)24-12-4-3-5-13-24/h3-23H,1-2H3. The third-order valence-corrected chi connectivity index (χ3v) is 9.14. The number of nitrogens with zero attached hydrogens (tertiary/aromatic N) is 3. The predicted molar refractivity (Wildman–Crippen MR) is 170 cm³/mol. The fourth-order valence-electron chi connectivity index (χ4n) is 7.40. The molecule has 0 saturated heterocycles. The van der Waals surface area contributed by atoms with Crippen molar-refractivity contribution >= 4 is 43.6 Å². The summed E-state index contributed by atoms with van der Waals surface area (Å²) in [5, 5.41) is 5.24. The van der Waals surface area contributed by atoms with Gasteiger partial charge in [-0.2, -0.15) is 0 Å². The molecule has 194 valence electrons. The first kappa shape index (κ1) is 22.6. The molecule has 0 spiro atoms.